The molecule has 1 aromatic rings. The molecule has 2 atom stereocenters. The summed E-state index contributed by atoms with van der Waals surface area (Å²) < 4.78 is 0. The molecule has 0 aromatic carbocycles. The van der Waals surface area contributed by atoms with Crippen LogP contribution in [0, 0.1) is 0 Å². The Morgan fingerprint density at radius 1 is 1.55 bits per heavy atom. The van der Waals surface area contributed by atoms with Crippen molar-refractivity contribution in [2.75, 3.05) is 18.1 Å². The molecule has 2 rings (SSSR count). The molecule has 0 bridgehead atoms. The van der Waals surface area contributed by atoms with E-state index in [9.17, 15) is 4.79 Å². The summed E-state index contributed by atoms with van der Waals surface area (Å²) in [5, 5.41) is 6.95. The predicted molar refractivity (Wildman–Crippen MR) is 85.8 cm³/mol. The Hall–Kier alpha value is -0.940. The molecule has 1 aromatic heterocycles. The van der Waals surface area contributed by atoms with Crippen LogP contribution in [-0.4, -0.2) is 35.0 Å². The summed E-state index contributed by atoms with van der Waals surface area (Å²) >= 11 is 8.00. The standard InChI is InChI=1S/C14H20ClN3OS/c1-3-20-12-6-4-5-11(12)18-14(19)9-7-13(16-2)17-8-10(9)15/h7-8,11-12H,3-6H2,1-2H3,(H,16,17)(H,18,19). The number of thioether (sulfide) groups is 1. The lowest BCUT2D eigenvalue weighted by atomic mass is 10.2. The third-order valence-electron chi connectivity index (χ3n) is 3.51. The van der Waals surface area contributed by atoms with Gasteiger partial charge in [-0.15, -0.1) is 0 Å². The molecule has 1 heterocycles. The highest BCUT2D eigenvalue weighted by Gasteiger charge is 2.29. The number of carbonyl (C=O) groups is 1. The van der Waals surface area contributed by atoms with Gasteiger partial charge in [-0.3, -0.25) is 4.79 Å². The molecule has 1 aliphatic carbocycles. The first-order valence-corrected chi connectivity index (χ1v) is 8.34. The third-order valence-corrected chi connectivity index (χ3v) is 5.13. The van der Waals surface area contributed by atoms with E-state index >= 15 is 0 Å². The van der Waals surface area contributed by atoms with Crippen molar-refractivity contribution in [3.63, 3.8) is 0 Å². The number of rotatable bonds is 5. The molecule has 6 heteroatoms. The summed E-state index contributed by atoms with van der Waals surface area (Å²) in [4.78, 5) is 16.5. The highest BCUT2D eigenvalue weighted by Crippen LogP contribution is 2.30. The van der Waals surface area contributed by atoms with Crippen LogP contribution < -0.4 is 10.6 Å². The summed E-state index contributed by atoms with van der Waals surface area (Å²) in [6.07, 6.45) is 4.91. The molecule has 1 saturated carbocycles. The van der Waals surface area contributed by atoms with E-state index in [0.29, 0.717) is 21.7 Å². The van der Waals surface area contributed by atoms with Crippen molar-refractivity contribution < 1.29 is 4.79 Å². The third kappa shape index (κ3) is 3.58. The van der Waals surface area contributed by atoms with Crippen LogP contribution in [0.5, 0.6) is 0 Å². The lowest BCUT2D eigenvalue weighted by Gasteiger charge is -2.20. The highest BCUT2D eigenvalue weighted by molar-refractivity contribution is 7.99. The average Bonchev–Trinajstić information content (AvgIpc) is 2.87. The Labute approximate surface area is 129 Å². The minimum atomic E-state index is -0.109. The summed E-state index contributed by atoms with van der Waals surface area (Å²) in [5.74, 6) is 1.62. The number of pyridine rings is 1. The topological polar surface area (TPSA) is 54.0 Å². The molecule has 1 fully saturated rings. The van der Waals surface area contributed by atoms with Crippen molar-refractivity contribution >= 4 is 35.1 Å². The highest BCUT2D eigenvalue weighted by atomic mass is 35.5. The number of nitrogens with zero attached hydrogens (tertiary/aromatic N) is 1. The number of anilines is 1. The van der Waals surface area contributed by atoms with Gasteiger partial charge in [0.05, 0.1) is 10.6 Å². The molecule has 0 radical (unpaired) electrons. The minimum Gasteiger partial charge on any atom is -0.373 e. The molecule has 4 nitrogen and oxygen atoms in total. The Balaban J connectivity index is 2.08. The molecule has 20 heavy (non-hydrogen) atoms. The lowest BCUT2D eigenvalue weighted by Crippen LogP contribution is -2.39. The van der Waals surface area contributed by atoms with E-state index in [4.69, 9.17) is 11.6 Å². The lowest BCUT2D eigenvalue weighted by molar-refractivity contribution is 0.0939. The van der Waals surface area contributed by atoms with Gasteiger partial charge in [-0.25, -0.2) is 4.98 Å². The fourth-order valence-corrected chi connectivity index (χ4v) is 3.89. The maximum Gasteiger partial charge on any atom is 0.253 e. The number of amides is 1. The molecular weight excluding hydrogens is 294 g/mol. The van der Waals surface area contributed by atoms with Crippen LogP contribution in [0.25, 0.3) is 0 Å². The second-order valence-corrected chi connectivity index (χ2v) is 6.73. The molecule has 2 N–H and O–H groups in total. The summed E-state index contributed by atoms with van der Waals surface area (Å²) in [6.45, 7) is 2.15. The first-order chi connectivity index (χ1) is 9.65. The van der Waals surface area contributed by atoms with Crippen LogP contribution in [0.2, 0.25) is 5.02 Å². The Kier molecular flexibility index (Phi) is 5.54. The quantitative estimate of drug-likeness (QED) is 0.876. The van der Waals surface area contributed by atoms with Crippen molar-refractivity contribution in [3.05, 3.63) is 22.8 Å². The number of halogens is 1. The van der Waals surface area contributed by atoms with Crippen molar-refractivity contribution in [2.45, 2.75) is 37.5 Å². The maximum absolute atomic E-state index is 12.4. The summed E-state index contributed by atoms with van der Waals surface area (Å²) in [5.41, 5.74) is 0.484. The smallest absolute Gasteiger partial charge is 0.253 e. The van der Waals surface area contributed by atoms with Gasteiger partial charge in [0.15, 0.2) is 0 Å². The Morgan fingerprint density at radius 2 is 2.35 bits per heavy atom. The largest absolute Gasteiger partial charge is 0.373 e. The number of aromatic nitrogens is 1. The van der Waals surface area contributed by atoms with Gasteiger partial charge >= 0.3 is 0 Å². The molecule has 1 aliphatic rings. The summed E-state index contributed by atoms with van der Waals surface area (Å²) in [6, 6.07) is 1.93. The summed E-state index contributed by atoms with van der Waals surface area (Å²) in [7, 11) is 1.77. The van der Waals surface area contributed by atoms with Gasteiger partial charge < -0.3 is 10.6 Å². The van der Waals surface area contributed by atoms with Gasteiger partial charge in [0.25, 0.3) is 5.91 Å². The molecule has 0 spiro atoms. The van der Waals surface area contributed by atoms with E-state index in [1.807, 2.05) is 11.8 Å². The van der Waals surface area contributed by atoms with Crippen molar-refractivity contribution in [2.24, 2.45) is 0 Å². The Bertz CT molecular complexity index is 483. The van der Waals surface area contributed by atoms with E-state index < -0.39 is 0 Å². The van der Waals surface area contributed by atoms with E-state index in [0.717, 1.165) is 12.2 Å². The zero-order valence-corrected chi connectivity index (χ0v) is 13.4. The number of nitrogens with one attached hydrogen (secondary N) is 2. The molecule has 2 unspecified atom stereocenters. The molecule has 0 aliphatic heterocycles. The van der Waals surface area contributed by atoms with Gasteiger partial charge in [-0.1, -0.05) is 24.9 Å². The zero-order valence-electron chi connectivity index (χ0n) is 11.8. The molecule has 110 valence electrons. The normalized spacial score (nSPS) is 21.8. The van der Waals surface area contributed by atoms with E-state index in [1.54, 1.807) is 13.1 Å². The van der Waals surface area contributed by atoms with Gasteiger partial charge in [-0.05, 0) is 24.7 Å². The van der Waals surface area contributed by atoms with Gasteiger partial charge in [0, 0.05) is 24.5 Å². The van der Waals surface area contributed by atoms with Crippen LogP contribution in [0.15, 0.2) is 12.3 Å². The van der Waals surface area contributed by atoms with Crippen LogP contribution in [-0.2, 0) is 0 Å². The predicted octanol–water partition coefficient (Wildman–Crippen LogP) is 3.18. The van der Waals surface area contributed by atoms with Crippen LogP contribution in [0.3, 0.4) is 0 Å². The first-order valence-electron chi connectivity index (χ1n) is 6.91. The second-order valence-electron chi connectivity index (χ2n) is 4.80. The maximum atomic E-state index is 12.4. The monoisotopic (exact) mass is 313 g/mol. The van der Waals surface area contributed by atoms with Crippen LogP contribution in [0.4, 0.5) is 5.82 Å². The van der Waals surface area contributed by atoms with Crippen molar-refractivity contribution in [1.82, 2.24) is 10.3 Å². The van der Waals surface area contributed by atoms with Gasteiger partial charge in [0.2, 0.25) is 0 Å². The van der Waals surface area contributed by atoms with E-state index in [-0.39, 0.29) is 11.9 Å². The fraction of sp³-hybridized carbons (Fsp3) is 0.571. The van der Waals surface area contributed by atoms with Crippen molar-refractivity contribution in [1.29, 1.82) is 0 Å². The fourth-order valence-electron chi connectivity index (χ4n) is 2.50. The molecule has 0 saturated heterocycles. The van der Waals surface area contributed by atoms with E-state index in [2.05, 4.69) is 22.5 Å². The first kappa shape index (κ1) is 15.4. The molecular formula is C14H20ClN3OS. The van der Waals surface area contributed by atoms with Gasteiger partial charge in [0.1, 0.15) is 5.82 Å². The minimum absolute atomic E-state index is 0.109. The number of hydrogen-bond donors (Lipinski definition) is 2. The SMILES string of the molecule is CCSC1CCCC1NC(=O)c1cc(NC)ncc1Cl. The Morgan fingerprint density at radius 3 is 3.05 bits per heavy atom. The number of hydrogen-bond acceptors (Lipinski definition) is 4. The van der Waals surface area contributed by atoms with Gasteiger partial charge in [-0.2, -0.15) is 11.8 Å². The van der Waals surface area contributed by atoms with Crippen LogP contribution in [0.1, 0.15) is 36.5 Å². The number of carbonyl (C=O) groups excluding carboxylic acids is 1. The second kappa shape index (κ2) is 7.18. The average molecular weight is 314 g/mol. The van der Waals surface area contributed by atoms with Crippen LogP contribution >= 0.6 is 23.4 Å². The zero-order chi connectivity index (χ0) is 14.5. The molecule has 1 amide bonds. The van der Waals surface area contributed by atoms with Crippen molar-refractivity contribution in [3.8, 4) is 0 Å². The van der Waals surface area contributed by atoms with E-state index in [1.165, 1.54) is 19.0 Å².